The summed E-state index contributed by atoms with van der Waals surface area (Å²) in [5.74, 6) is -0.369. The second-order valence-corrected chi connectivity index (χ2v) is 6.54. The zero-order valence-corrected chi connectivity index (χ0v) is 14.8. The van der Waals surface area contributed by atoms with E-state index in [1.165, 1.54) is 12.3 Å². The summed E-state index contributed by atoms with van der Waals surface area (Å²) < 4.78 is 18.8. The van der Waals surface area contributed by atoms with Gasteiger partial charge in [0.05, 0.1) is 12.2 Å². The number of nitrogens with zero attached hydrogens (tertiary/aromatic N) is 2. The molecule has 1 saturated heterocycles. The average Bonchev–Trinajstić information content (AvgIpc) is 2.66. The number of pyridine rings is 1. The molecule has 26 heavy (non-hydrogen) atoms. The second kappa shape index (κ2) is 8.27. The number of benzene rings is 1. The highest BCUT2D eigenvalue weighted by atomic mass is 19.1. The molecule has 1 fully saturated rings. The Morgan fingerprint density at radius 3 is 2.73 bits per heavy atom. The van der Waals surface area contributed by atoms with Gasteiger partial charge in [0.25, 0.3) is 0 Å². The highest BCUT2D eigenvalue weighted by Gasteiger charge is 2.30. The number of aromatic nitrogens is 1. The summed E-state index contributed by atoms with van der Waals surface area (Å²) in [5.41, 5.74) is 2.58. The quantitative estimate of drug-likeness (QED) is 0.850. The van der Waals surface area contributed by atoms with Crippen LogP contribution in [0.3, 0.4) is 0 Å². The third-order valence-electron chi connectivity index (χ3n) is 4.78. The average molecular weight is 358 g/mol. The Labute approximate surface area is 152 Å². The Morgan fingerprint density at radius 2 is 2.08 bits per heavy atom. The smallest absolute Gasteiger partial charge is 0.410 e. The van der Waals surface area contributed by atoms with Gasteiger partial charge in [0.1, 0.15) is 11.9 Å². The van der Waals surface area contributed by atoms with Crippen molar-refractivity contribution in [1.82, 2.24) is 9.88 Å². The molecule has 1 N–H and O–H groups in total. The van der Waals surface area contributed by atoms with Gasteiger partial charge >= 0.3 is 6.09 Å². The molecule has 5 nitrogen and oxygen atoms in total. The van der Waals surface area contributed by atoms with E-state index >= 15 is 0 Å². The molecule has 2 heterocycles. The molecular weight excluding hydrogens is 335 g/mol. The van der Waals surface area contributed by atoms with E-state index in [9.17, 15) is 9.18 Å². The van der Waals surface area contributed by atoms with E-state index in [4.69, 9.17) is 9.84 Å². The molecule has 138 valence electrons. The van der Waals surface area contributed by atoms with E-state index < -0.39 is 0 Å². The zero-order valence-electron chi connectivity index (χ0n) is 14.8. The van der Waals surface area contributed by atoms with Gasteiger partial charge in [0, 0.05) is 31.3 Å². The third kappa shape index (κ3) is 4.19. The molecule has 0 aliphatic carbocycles. The van der Waals surface area contributed by atoms with E-state index in [0.717, 1.165) is 17.5 Å². The molecule has 0 radical (unpaired) electrons. The molecule has 1 aromatic heterocycles. The fourth-order valence-corrected chi connectivity index (χ4v) is 3.22. The van der Waals surface area contributed by atoms with E-state index in [2.05, 4.69) is 4.98 Å². The van der Waals surface area contributed by atoms with Gasteiger partial charge in [-0.1, -0.05) is 24.3 Å². The highest BCUT2D eigenvalue weighted by Crippen LogP contribution is 2.28. The van der Waals surface area contributed by atoms with Crippen molar-refractivity contribution in [2.45, 2.75) is 38.3 Å². The van der Waals surface area contributed by atoms with Crippen LogP contribution in [-0.2, 0) is 4.74 Å². The van der Waals surface area contributed by atoms with Crippen molar-refractivity contribution in [3.8, 4) is 11.1 Å². The maximum absolute atomic E-state index is 13.3. The first kappa shape index (κ1) is 18.3. The summed E-state index contributed by atoms with van der Waals surface area (Å²) in [4.78, 5) is 17.9. The molecule has 2 atom stereocenters. The lowest BCUT2D eigenvalue weighted by molar-refractivity contribution is 0.00760. The number of hydrogen-bond donors (Lipinski definition) is 1. The van der Waals surface area contributed by atoms with Crippen LogP contribution in [-0.4, -0.2) is 40.3 Å². The van der Waals surface area contributed by atoms with E-state index in [0.29, 0.717) is 24.9 Å². The lowest BCUT2D eigenvalue weighted by Crippen LogP contribution is -2.43. The fraction of sp³-hybridized carbons (Fsp3) is 0.400. The number of rotatable bonds is 6. The number of hydrogen-bond acceptors (Lipinski definition) is 4. The zero-order chi connectivity index (χ0) is 18.5. The first-order valence-corrected chi connectivity index (χ1v) is 8.87. The first-order chi connectivity index (χ1) is 12.6. The summed E-state index contributed by atoms with van der Waals surface area (Å²) in [6.07, 6.45) is 4.48. The van der Waals surface area contributed by atoms with Crippen molar-refractivity contribution in [1.29, 1.82) is 0 Å². The van der Waals surface area contributed by atoms with Crippen molar-refractivity contribution < 1.29 is 19.0 Å². The number of cyclic esters (lactones) is 1. The number of amides is 1. The predicted octanol–water partition coefficient (Wildman–Crippen LogP) is 3.93. The minimum absolute atomic E-state index is 0.110. The standard InChI is InChI=1S/C20H23FN2O3/c1-14(23-9-8-19(3-2-10-24)26-20(23)25)15-4-6-16(7-5-15)17-11-18(21)13-22-12-17/h4-7,11-14,19,24H,2-3,8-10H2,1H3. The number of carbonyl (C=O) groups is 1. The number of ether oxygens (including phenoxy) is 1. The molecule has 1 aliphatic rings. The van der Waals surface area contributed by atoms with Gasteiger partial charge in [-0.2, -0.15) is 0 Å². The minimum Gasteiger partial charge on any atom is -0.446 e. The molecule has 1 aromatic carbocycles. The second-order valence-electron chi connectivity index (χ2n) is 6.54. The number of carbonyl (C=O) groups excluding carboxylic acids is 1. The Hall–Kier alpha value is -2.47. The number of aliphatic hydroxyl groups excluding tert-OH is 1. The SMILES string of the molecule is CC(c1ccc(-c2cncc(F)c2)cc1)N1CCC(CCCO)OC1=O. The first-order valence-electron chi connectivity index (χ1n) is 8.87. The van der Waals surface area contributed by atoms with Crippen LogP contribution < -0.4 is 0 Å². The van der Waals surface area contributed by atoms with Crippen LogP contribution in [0.2, 0.25) is 0 Å². The maximum Gasteiger partial charge on any atom is 0.410 e. The minimum atomic E-state index is -0.369. The van der Waals surface area contributed by atoms with Crippen LogP contribution in [0.15, 0.2) is 42.7 Å². The van der Waals surface area contributed by atoms with Crippen LogP contribution >= 0.6 is 0 Å². The molecule has 3 rings (SSSR count). The maximum atomic E-state index is 13.3. The van der Waals surface area contributed by atoms with Gasteiger partial charge in [0.2, 0.25) is 0 Å². The largest absolute Gasteiger partial charge is 0.446 e. The normalized spacial score (nSPS) is 18.5. The van der Waals surface area contributed by atoms with Crippen LogP contribution in [0.4, 0.5) is 9.18 Å². The van der Waals surface area contributed by atoms with Crippen LogP contribution in [0.25, 0.3) is 11.1 Å². The number of aliphatic hydroxyl groups is 1. The van der Waals surface area contributed by atoms with Gasteiger partial charge in [-0.25, -0.2) is 9.18 Å². The van der Waals surface area contributed by atoms with Gasteiger partial charge < -0.3 is 14.7 Å². The van der Waals surface area contributed by atoms with Crippen molar-refractivity contribution >= 4 is 6.09 Å². The lowest BCUT2D eigenvalue weighted by atomic mass is 10.0. The van der Waals surface area contributed by atoms with Gasteiger partial charge in [-0.15, -0.1) is 0 Å². The predicted molar refractivity (Wildman–Crippen MR) is 96.0 cm³/mol. The summed E-state index contributed by atoms with van der Waals surface area (Å²) in [6.45, 7) is 2.71. The Bertz CT molecular complexity index is 751. The molecular formula is C20H23FN2O3. The molecule has 1 aliphatic heterocycles. The third-order valence-corrected chi connectivity index (χ3v) is 4.78. The van der Waals surface area contributed by atoms with Crippen molar-refractivity contribution in [2.24, 2.45) is 0 Å². The molecule has 0 saturated carbocycles. The fourth-order valence-electron chi connectivity index (χ4n) is 3.22. The molecule has 0 spiro atoms. The summed E-state index contributed by atoms with van der Waals surface area (Å²) >= 11 is 0. The van der Waals surface area contributed by atoms with Gasteiger partial charge in [0.15, 0.2) is 0 Å². The molecule has 6 heteroatoms. The Morgan fingerprint density at radius 1 is 1.31 bits per heavy atom. The highest BCUT2D eigenvalue weighted by molar-refractivity contribution is 5.69. The lowest BCUT2D eigenvalue weighted by Gasteiger charge is -2.35. The summed E-state index contributed by atoms with van der Waals surface area (Å²) in [6, 6.07) is 9.02. The van der Waals surface area contributed by atoms with E-state index in [1.54, 1.807) is 11.1 Å². The van der Waals surface area contributed by atoms with E-state index in [-0.39, 0.29) is 30.7 Å². The molecule has 2 unspecified atom stereocenters. The molecule has 2 aromatic rings. The van der Waals surface area contributed by atoms with Gasteiger partial charge in [-0.05, 0) is 37.0 Å². The van der Waals surface area contributed by atoms with Crippen molar-refractivity contribution in [3.05, 3.63) is 54.1 Å². The van der Waals surface area contributed by atoms with Gasteiger partial charge in [-0.3, -0.25) is 4.98 Å². The van der Waals surface area contributed by atoms with Crippen molar-refractivity contribution in [3.63, 3.8) is 0 Å². The molecule has 1 amide bonds. The summed E-state index contributed by atoms with van der Waals surface area (Å²) in [7, 11) is 0. The molecule has 0 bridgehead atoms. The summed E-state index contributed by atoms with van der Waals surface area (Å²) in [5, 5.41) is 8.90. The van der Waals surface area contributed by atoms with Crippen LogP contribution in [0, 0.1) is 5.82 Å². The van der Waals surface area contributed by atoms with Crippen molar-refractivity contribution in [2.75, 3.05) is 13.2 Å². The monoisotopic (exact) mass is 358 g/mol. The Kier molecular flexibility index (Phi) is 5.83. The van der Waals surface area contributed by atoms with Crippen LogP contribution in [0.5, 0.6) is 0 Å². The van der Waals surface area contributed by atoms with E-state index in [1.807, 2.05) is 31.2 Å². The Balaban J connectivity index is 1.67. The van der Waals surface area contributed by atoms with Crippen LogP contribution in [0.1, 0.15) is 37.8 Å². The number of halogens is 1. The topological polar surface area (TPSA) is 62.7 Å².